The number of rotatable bonds is 5. The van der Waals surface area contributed by atoms with Gasteiger partial charge in [0.15, 0.2) is 0 Å². The van der Waals surface area contributed by atoms with Crippen LogP contribution < -0.4 is 5.32 Å². The third-order valence-electron chi connectivity index (χ3n) is 4.55. The van der Waals surface area contributed by atoms with E-state index in [1.807, 2.05) is 25.1 Å². The summed E-state index contributed by atoms with van der Waals surface area (Å²) in [7, 11) is 0. The lowest BCUT2D eigenvalue weighted by Gasteiger charge is -2.34. The second-order valence-corrected chi connectivity index (χ2v) is 5.98. The van der Waals surface area contributed by atoms with Crippen LogP contribution in [0.2, 0.25) is 0 Å². The summed E-state index contributed by atoms with van der Waals surface area (Å²) in [4.78, 5) is 14.5. The first-order valence-corrected chi connectivity index (χ1v) is 7.79. The van der Waals surface area contributed by atoms with E-state index in [1.54, 1.807) is 0 Å². The maximum Gasteiger partial charge on any atom is 0.237 e. The van der Waals surface area contributed by atoms with Crippen LogP contribution in [0.25, 0.3) is 0 Å². The van der Waals surface area contributed by atoms with Crippen molar-refractivity contribution in [3.63, 3.8) is 0 Å². The highest BCUT2D eigenvalue weighted by molar-refractivity contribution is 5.81. The summed E-state index contributed by atoms with van der Waals surface area (Å²) in [6, 6.07) is 8.01. The maximum atomic E-state index is 12.3. The Bertz CT molecular complexity index is 468. The average Bonchev–Trinajstić information content (AvgIpc) is 2.53. The zero-order valence-electron chi connectivity index (χ0n) is 13.0. The molecule has 0 radical (unpaired) electrons. The van der Waals surface area contributed by atoms with Crippen molar-refractivity contribution >= 4 is 5.91 Å². The van der Waals surface area contributed by atoms with Gasteiger partial charge in [-0.05, 0) is 56.8 Å². The Morgan fingerprint density at radius 3 is 2.67 bits per heavy atom. The van der Waals surface area contributed by atoms with Gasteiger partial charge in [-0.25, -0.2) is 0 Å². The predicted octanol–water partition coefficient (Wildman–Crippen LogP) is 1.70. The molecule has 2 N–H and O–H groups in total. The third kappa shape index (κ3) is 4.29. The summed E-state index contributed by atoms with van der Waals surface area (Å²) in [5.74, 6) is 0.490. The number of hydrogen-bond donors (Lipinski definition) is 2. The number of hydrogen-bond acceptors (Lipinski definition) is 3. The van der Waals surface area contributed by atoms with E-state index >= 15 is 0 Å². The van der Waals surface area contributed by atoms with Crippen LogP contribution in [0.1, 0.15) is 30.9 Å². The normalized spacial score (nSPS) is 18.4. The number of likely N-dealkylation sites (tertiary alicyclic amines) is 1. The molecule has 4 nitrogen and oxygen atoms in total. The van der Waals surface area contributed by atoms with E-state index in [1.165, 1.54) is 5.56 Å². The minimum absolute atomic E-state index is 0.0840. The number of piperidine rings is 1. The molecule has 1 saturated heterocycles. The lowest BCUT2D eigenvalue weighted by molar-refractivity contribution is -0.126. The van der Waals surface area contributed by atoms with Gasteiger partial charge in [0.2, 0.25) is 5.91 Å². The van der Waals surface area contributed by atoms with E-state index in [0.717, 1.165) is 31.5 Å². The number of carbonyl (C=O) groups is 1. The molecule has 1 unspecified atom stereocenters. The van der Waals surface area contributed by atoms with Crippen molar-refractivity contribution in [3.8, 4) is 0 Å². The minimum Gasteiger partial charge on any atom is -0.396 e. The van der Waals surface area contributed by atoms with Crippen LogP contribution in [0, 0.1) is 12.8 Å². The first kappa shape index (κ1) is 16.0. The summed E-state index contributed by atoms with van der Waals surface area (Å²) < 4.78 is 0. The van der Waals surface area contributed by atoms with Gasteiger partial charge in [-0.1, -0.05) is 24.3 Å². The first-order chi connectivity index (χ1) is 10.1. The van der Waals surface area contributed by atoms with Crippen LogP contribution in [-0.2, 0) is 11.3 Å². The molecule has 116 valence electrons. The van der Waals surface area contributed by atoms with E-state index in [2.05, 4.69) is 23.2 Å². The summed E-state index contributed by atoms with van der Waals surface area (Å²) in [5.41, 5.74) is 2.37. The summed E-state index contributed by atoms with van der Waals surface area (Å²) in [5, 5.41) is 12.2. The fraction of sp³-hybridized carbons (Fsp3) is 0.588. The van der Waals surface area contributed by atoms with Gasteiger partial charge < -0.3 is 10.4 Å². The Labute approximate surface area is 127 Å². The topological polar surface area (TPSA) is 52.6 Å². The fourth-order valence-electron chi connectivity index (χ4n) is 2.83. The molecule has 1 amide bonds. The monoisotopic (exact) mass is 290 g/mol. The number of aliphatic hydroxyl groups is 1. The van der Waals surface area contributed by atoms with E-state index in [-0.39, 0.29) is 18.6 Å². The number of benzene rings is 1. The van der Waals surface area contributed by atoms with Crippen LogP contribution in [0.5, 0.6) is 0 Å². The Balaban J connectivity index is 1.82. The zero-order valence-corrected chi connectivity index (χ0v) is 13.0. The second kappa shape index (κ2) is 7.57. The average molecular weight is 290 g/mol. The smallest absolute Gasteiger partial charge is 0.237 e. The number of carbonyl (C=O) groups excluding carboxylic acids is 1. The minimum atomic E-state index is -0.103. The highest BCUT2D eigenvalue weighted by Crippen LogP contribution is 2.18. The van der Waals surface area contributed by atoms with Gasteiger partial charge in [-0.3, -0.25) is 9.69 Å². The van der Waals surface area contributed by atoms with E-state index in [4.69, 9.17) is 5.11 Å². The van der Waals surface area contributed by atoms with Gasteiger partial charge in [-0.15, -0.1) is 0 Å². The van der Waals surface area contributed by atoms with Gasteiger partial charge >= 0.3 is 0 Å². The third-order valence-corrected chi connectivity index (χ3v) is 4.55. The Morgan fingerprint density at radius 2 is 2.05 bits per heavy atom. The molecule has 1 aromatic carbocycles. The van der Waals surface area contributed by atoms with Crippen LogP contribution in [0.4, 0.5) is 0 Å². The van der Waals surface area contributed by atoms with Gasteiger partial charge in [0.1, 0.15) is 0 Å². The van der Waals surface area contributed by atoms with Crippen molar-refractivity contribution in [2.24, 2.45) is 5.92 Å². The van der Waals surface area contributed by atoms with Crippen molar-refractivity contribution in [1.82, 2.24) is 10.2 Å². The number of aliphatic hydroxyl groups excluding tert-OH is 1. The molecular formula is C17H26N2O2. The summed E-state index contributed by atoms with van der Waals surface area (Å²) in [6.07, 6.45) is 1.96. The molecule has 1 aliphatic heterocycles. The Morgan fingerprint density at radius 1 is 1.38 bits per heavy atom. The van der Waals surface area contributed by atoms with Gasteiger partial charge in [0, 0.05) is 13.2 Å². The molecule has 1 atom stereocenters. The largest absolute Gasteiger partial charge is 0.396 e. The molecule has 1 fully saturated rings. The quantitative estimate of drug-likeness (QED) is 0.868. The van der Waals surface area contributed by atoms with E-state index in [9.17, 15) is 4.79 Å². The number of nitrogens with one attached hydrogen (secondary N) is 1. The maximum absolute atomic E-state index is 12.3. The van der Waals surface area contributed by atoms with Crippen molar-refractivity contribution in [2.75, 3.05) is 19.7 Å². The first-order valence-electron chi connectivity index (χ1n) is 7.79. The van der Waals surface area contributed by atoms with Crippen molar-refractivity contribution in [3.05, 3.63) is 35.4 Å². The second-order valence-electron chi connectivity index (χ2n) is 5.98. The van der Waals surface area contributed by atoms with Crippen LogP contribution in [0.3, 0.4) is 0 Å². The van der Waals surface area contributed by atoms with Crippen LogP contribution >= 0.6 is 0 Å². The SMILES string of the molecule is Cc1ccccc1CNC(=O)C(C)N1CCC(CO)CC1. The van der Waals surface area contributed by atoms with Crippen LogP contribution in [-0.4, -0.2) is 41.7 Å². The van der Waals surface area contributed by atoms with E-state index in [0.29, 0.717) is 12.5 Å². The highest BCUT2D eigenvalue weighted by Gasteiger charge is 2.26. The standard InChI is InChI=1S/C17H26N2O2/c1-13-5-3-4-6-16(13)11-18-17(21)14(2)19-9-7-15(12-20)8-10-19/h3-6,14-15,20H,7-12H2,1-2H3,(H,18,21). The Kier molecular flexibility index (Phi) is 5.76. The summed E-state index contributed by atoms with van der Waals surface area (Å²) >= 11 is 0. The predicted molar refractivity (Wildman–Crippen MR) is 83.9 cm³/mol. The highest BCUT2D eigenvalue weighted by atomic mass is 16.3. The van der Waals surface area contributed by atoms with Gasteiger partial charge in [-0.2, -0.15) is 0 Å². The Hall–Kier alpha value is -1.39. The van der Waals surface area contributed by atoms with Gasteiger partial charge in [0.05, 0.1) is 6.04 Å². The molecule has 21 heavy (non-hydrogen) atoms. The fourth-order valence-corrected chi connectivity index (χ4v) is 2.83. The molecule has 4 heteroatoms. The molecule has 0 saturated carbocycles. The van der Waals surface area contributed by atoms with Crippen molar-refractivity contribution in [2.45, 2.75) is 39.3 Å². The lowest BCUT2D eigenvalue weighted by Crippen LogP contribution is -2.48. The van der Waals surface area contributed by atoms with Crippen LogP contribution in [0.15, 0.2) is 24.3 Å². The summed E-state index contributed by atoms with van der Waals surface area (Å²) in [6.45, 7) is 6.66. The number of nitrogens with zero attached hydrogens (tertiary/aromatic N) is 1. The zero-order chi connectivity index (χ0) is 15.2. The molecule has 0 aliphatic carbocycles. The van der Waals surface area contributed by atoms with Crippen molar-refractivity contribution < 1.29 is 9.90 Å². The number of amides is 1. The molecule has 1 aliphatic rings. The molecule has 1 heterocycles. The lowest BCUT2D eigenvalue weighted by atomic mass is 9.97. The molecule has 2 rings (SSSR count). The van der Waals surface area contributed by atoms with Crippen molar-refractivity contribution in [1.29, 1.82) is 0 Å². The molecule has 0 bridgehead atoms. The number of aryl methyl sites for hydroxylation is 1. The molecule has 1 aromatic rings. The van der Waals surface area contributed by atoms with Gasteiger partial charge in [0.25, 0.3) is 0 Å². The van der Waals surface area contributed by atoms with E-state index < -0.39 is 0 Å². The molecule has 0 spiro atoms. The molecule has 0 aromatic heterocycles. The molecular weight excluding hydrogens is 264 g/mol.